The average Bonchev–Trinajstić information content (AvgIpc) is 2.32. The van der Waals surface area contributed by atoms with Gasteiger partial charge in [0, 0.05) is 6.42 Å². The van der Waals surface area contributed by atoms with Crippen LogP contribution < -0.4 is 16.8 Å². The second-order valence-corrected chi connectivity index (χ2v) is 5.25. The van der Waals surface area contributed by atoms with E-state index in [1.54, 1.807) is 0 Å². The molecule has 0 aromatic carbocycles. The predicted octanol–water partition coefficient (Wildman–Crippen LogP) is -0.168. The van der Waals surface area contributed by atoms with Crippen LogP contribution in [0.2, 0.25) is 0 Å². The van der Waals surface area contributed by atoms with Crippen molar-refractivity contribution in [2.24, 2.45) is 23.3 Å². The molecule has 0 aliphatic carbocycles. The number of hydrogen-bond donors (Lipinski definition) is 4. The highest BCUT2D eigenvalue weighted by atomic mass is 16.4. The molecule has 0 bridgehead atoms. The zero-order chi connectivity index (χ0) is 15.7. The third-order valence-corrected chi connectivity index (χ3v) is 3.26. The molecular weight excluding hydrogens is 262 g/mol. The van der Waals surface area contributed by atoms with Gasteiger partial charge in [0.15, 0.2) is 0 Å². The van der Waals surface area contributed by atoms with Crippen LogP contribution in [0.3, 0.4) is 0 Å². The van der Waals surface area contributed by atoms with E-state index >= 15 is 0 Å². The van der Waals surface area contributed by atoms with Crippen LogP contribution in [0.4, 0.5) is 0 Å². The Bertz CT molecular complexity index is 345. The van der Waals surface area contributed by atoms with Crippen LogP contribution in [0, 0.1) is 11.8 Å². The predicted molar refractivity (Wildman–Crippen MR) is 74.6 cm³/mol. The summed E-state index contributed by atoms with van der Waals surface area (Å²) in [5, 5.41) is 11.2. The van der Waals surface area contributed by atoms with Gasteiger partial charge in [0.2, 0.25) is 11.8 Å². The highest BCUT2D eigenvalue weighted by molar-refractivity contribution is 5.88. The Labute approximate surface area is 119 Å². The summed E-state index contributed by atoms with van der Waals surface area (Å²) in [7, 11) is 0. The molecular formula is C13H25N3O4. The van der Waals surface area contributed by atoms with Crippen molar-refractivity contribution in [1.29, 1.82) is 0 Å². The minimum atomic E-state index is -1.26. The quantitative estimate of drug-likeness (QED) is 0.442. The molecule has 0 aliphatic rings. The lowest BCUT2D eigenvalue weighted by molar-refractivity contribution is -0.143. The molecule has 0 aliphatic heterocycles. The van der Waals surface area contributed by atoms with E-state index in [9.17, 15) is 14.4 Å². The van der Waals surface area contributed by atoms with Crippen molar-refractivity contribution >= 4 is 17.8 Å². The summed E-state index contributed by atoms with van der Waals surface area (Å²) in [6, 6.07) is -1.26. The van der Waals surface area contributed by atoms with E-state index in [4.69, 9.17) is 16.6 Å². The Morgan fingerprint density at radius 3 is 2.20 bits per heavy atom. The summed E-state index contributed by atoms with van der Waals surface area (Å²) in [6.07, 6.45) is 1.28. The molecule has 20 heavy (non-hydrogen) atoms. The van der Waals surface area contributed by atoms with Gasteiger partial charge in [-0.05, 0) is 31.2 Å². The summed E-state index contributed by atoms with van der Waals surface area (Å²) < 4.78 is 0. The first-order valence-electron chi connectivity index (χ1n) is 6.78. The van der Waals surface area contributed by atoms with Gasteiger partial charge in [-0.25, -0.2) is 4.79 Å². The second kappa shape index (κ2) is 9.30. The number of carbonyl (C=O) groups excluding carboxylic acids is 2. The van der Waals surface area contributed by atoms with Gasteiger partial charge in [-0.2, -0.15) is 0 Å². The smallest absolute Gasteiger partial charge is 0.326 e. The maximum atomic E-state index is 11.7. The van der Waals surface area contributed by atoms with Crippen LogP contribution in [0.1, 0.15) is 39.5 Å². The van der Waals surface area contributed by atoms with E-state index in [1.165, 1.54) is 0 Å². The molecule has 0 rings (SSSR count). The lowest BCUT2D eigenvalue weighted by Gasteiger charge is -2.20. The molecule has 0 spiro atoms. The zero-order valence-corrected chi connectivity index (χ0v) is 12.1. The van der Waals surface area contributed by atoms with Crippen LogP contribution in [-0.4, -0.2) is 35.5 Å². The number of carbonyl (C=O) groups is 3. The molecule has 0 fully saturated rings. The highest BCUT2D eigenvalue weighted by Gasteiger charge is 2.22. The van der Waals surface area contributed by atoms with Crippen molar-refractivity contribution in [1.82, 2.24) is 5.32 Å². The van der Waals surface area contributed by atoms with E-state index in [2.05, 4.69) is 19.2 Å². The van der Waals surface area contributed by atoms with E-state index in [-0.39, 0.29) is 12.3 Å². The number of aliphatic carboxylic acids is 1. The maximum absolute atomic E-state index is 11.7. The van der Waals surface area contributed by atoms with Crippen LogP contribution in [0.5, 0.6) is 0 Å². The number of nitrogens with one attached hydrogen (secondary N) is 1. The van der Waals surface area contributed by atoms with Crippen LogP contribution in [-0.2, 0) is 14.4 Å². The van der Waals surface area contributed by atoms with Crippen molar-refractivity contribution in [3.05, 3.63) is 0 Å². The number of rotatable bonds is 10. The molecule has 0 aromatic heterocycles. The topological polar surface area (TPSA) is 136 Å². The Hall–Kier alpha value is -1.63. The molecule has 7 nitrogen and oxygen atoms in total. The minimum Gasteiger partial charge on any atom is -0.480 e. The van der Waals surface area contributed by atoms with Gasteiger partial charge in [0.25, 0.3) is 0 Å². The Balaban J connectivity index is 4.31. The van der Waals surface area contributed by atoms with Gasteiger partial charge in [0.1, 0.15) is 6.04 Å². The zero-order valence-electron chi connectivity index (χ0n) is 12.1. The van der Waals surface area contributed by atoms with Gasteiger partial charge in [-0.3, -0.25) is 9.59 Å². The van der Waals surface area contributed by atoms with Gasteiger partial charge in [-0.1, -0.05) is 13.8 Å². The number of amides is 2. The first-order chi connectivity index (χ1) is 9.27. The fourth-order valence-corrected chi connectivity index (χ4v) is 2.01. The molecule has 1 unspecified atom stereocenters. The number of nitrogens with two attached hydrogens (primary N) is 2. The van der Waals surface area contributed by atoms with Gasteiger partial charge in [-0.15, -0.1) is 0 Å². The molecule has 2 atom stereocenters. The molecule has 0 heterocycles. The maximum Gasteiger partial charge on any atom is 0.326 e. The lowest BCUT2D eigenvalue weighted by atomic mass is 9.88. The summed E-state index contributed by atoms with van der Waals surface area (Å²) in [4.78, 5) is 33.3. The van der Waals surface area contributed by atoms with E-state index < -0.39 is 24.3 Å². The number of carboxylic acids is 1. The van der Waals surface area contributed by atoms with E-state index in [1.807, 2.05) is 0 Å². The van der Waals surface area contributed by atoms with Crippen molar-refractivity contribution in [3.8, 4) is 0 Å². The molecule has 7 heteroatoms. The fraction of sp³-hybridized carbons (Fsp3) is 0.769. The normalized spacial score (nSPS) is 13.8. The van der Waals surface area contributed by atoms with Crippen molar-refractivity contribution in [2.45, 2.75) is 45.6 Å². The lowest BCUT2D eigenvalue weighted by Crippen LogP contribution is -2.43. The largest absolute Gasteiger partial charge is 0.480 e. The molecule has 0 saturated heterocycles. The van der Waals surface area contributed by atoms with Crippen LogP contribution in [0.25, 0.3) is 0 Å². The summed E-state index contributed by atoms with van der Waals surface area (Å²) in [5.41, 5.74) is 10.5. The first kappa shape index (κ1) is 18.4. The Morgan fingerprint density at radius 1 is 1.20 bits per heavy atom. The molecule has 6 N–H and O–H groups in total. The fourth-order valence-electron chi connectivity index (χ4n) is 2.01. The third-order valence-electron chi connectivity index (χ3n) is 3.26. The van der Waals surface area contributed by atoms with Gasteiger partial charge < -0.3 is 21.9 Å². The Morgan fingerprint density at radius 2 is 1.80 bits per heavy atom. The van der Waals surface area contributed by atoms with Crippen molar-refractivity contribution < 1.29 is 19.5 Å². The highest BCUT2D eigenvalue weighted by Crippen LogP contribution is 2.20. The monoisotopic (exact) mass is 287 g/mol. The van der Waals surface area contributed by atoms with Crippen LogP contribution >= 0.6 is 0 Å². The summed E-state index contributed by atoms with van der Waals surface area (Å²) >= 11 is 0. The molecule has 0 saturated carbocycles. The summed E-state index contributed by atoms with van der Waals surface area (Å²) in [5.74, 6) is -1.68. The first-order valence-corrected chi connectivity index (χ1v) is 6.78. The SMILES string of the molecule is CC(C)C(CCN)CCC(=O)N[C@@H](CC(N)=O)C(=O)O. The van der Waals surface area contributed by atoms with Crippen molar-refractivity contribution in [2.75, 3.05) is 6.54 Å². The Kier molecular flexibility index (Phi) is 8.54. The van der Waals surface area contributed by atoms with Crippen molar-refractivity contribution in [3.63, 3.8) is 0 Å². The van der Waals surface area contributed by atoms with Gasteiger partial charge in [0.05, 0.1) is 6.42 Å². The number of primary amides is 1. The van der Waals surface area contributed by atoms with Crippen LogP contribution in [0.15, 0.2) is 0 Å². The average molecular weight is 287 g/mol. The van der Waals surface area contributed by atoms with Gasteiger partial charge >= 0.3 is 5.97 Å². The van der Waals surface area contributed by atoms with E-state index in [0.717, 1.165) is 6.42 Å². The molecule has 116 valence electrons. The summed E-state index contributed by atoms with van der Waals surface area (Å²) in [6.45, 7) is 4.68. The third kappa shape index (κ3) is 7.73. The van der Waals surface area contributed by atoms with E-state index in [0.29, 0.717) is 24.8 Å². The number of carboxylic acid groups (broad SMARTS) is 1. The molecule has 0 radical (unpaired) electrons. The molecule has 2 amide bonds. The number of hydrogen-bond acceptors (Lipinski definition) is 4. The minimum absolute atomic E-state index is 0.214. The standard InChI is InChI=1S/C13H25N3O4/c1-8(2)9(5-6-14)3-4-12(18)16-10(13(19)20)7-11(15)17/h8-10H,3-7,14H2,1-2H3,(H2,15,17)(H,16,18)(H,19,20)/t9?,10-/m0/s1. The molecule has 0 aromatic rings. The second-order valence-electron chi connectivity index (χ2n) is 5.25.